The summed E-state index contributed by atoms with van der Waals surface area (Å²) in [6.45, 7) is 7.87. The summed E-state index contributed by atoms with van der Waals surface area (Å²) in [5.74, 6) is 0.703. The first kappa shape index (κ1) is 21.2. The second-order valence-corrected chi connectivity index (χ2v) is 12.8. The molecule has 0 N–H and O–H groups in total. The Morgan fingerprint density at radius 2 is 1.10 bits per heavy atom. The molecule has 2 nitrogen and oxygen atoms in total. The topological polar surface area (TPSA) is 6.48 Å². The Balaban J connectivity index is 1.66. The standard InChI is InChI=1S/C27H34N2P/c1-24(2)20-30(27-16-10-5-11-17-27)22-28(18-25-12-6-3-7-13-25)21-29(23-30)19-26-14-8-4-9-15-26/h3-17,24H,18-23H2,1-2H3/q+1. The van der Waals surface area contributed by atoms with Gasteiger partial charge in [-0.05, 0) is 29.2 Å². The van der Waals surface area contributed by atoms with Gasteiger partial charge < -0.3 is 0 Å². The van der Waals surface area contributed by atoms with Crippen LogP contribution in [0.3, 0.4) is 0 Å². The lowest BCUT2D eigenvalue weighted by Crippen LogP contribution is -2.48. The van der Waals surface area contributed by atoms with Crippen molar-refractivity contribution in [1.29, 1.82) is 0 Å². The van der Waals surface area contributed by atoms with Gasteiger partial charge in [0.25, 0.3) is 0 Å². The lowest BCUT2D eigenvalue weighted by atomic mass is 10.2. The van der Waals surface area contributed by atoms with Crippen molar-refractivity contribution in [3.8, 4) is 0 Å². The van der Waals surface area contributed by atoms with Gasteiger partial charge in [-0.1, -0.05) is 92.7 Å². The van der Waals surface area contributed by atoms with E-state index in [-0.39, 0.29) is 0 Å². The monoisotopic (exact) mass is 417 g/mol. The maximum Gasteiger partial charge on any atom is 0.119 e. The van der Waals surface area contributed by atoms with Crippen molar-refractivity contribution in [3.63, 3.8) is 0 Å². The summed E-state index contributed by atoms with van der Waals surface area (Å²) in [6, 6.07) is 33.3. The fourth-order valence-corrected chi connectivity index (χ4v) is 9.86. The highest BCUT2D eigenvalue weighted by Gasteiger charge is 2.47. The molecule has 0 spiro atoms. The molecule has 0 atom stereocenters. The SMILES string of the molecule is CC(C)C[P+]1(c2ccccc2)CN(Cc2ccccc2)CN(Cc2ccccc2)C1. The third-order valence-corrected chi connectivity index (χ3v) is 10.6. The van der Waals surface area contributed by atoms with Crippen molar-refractivity contribution in [2.45, 2.75) is 26.9 Å². The lowest BCUT2D eigenvalue weighted by Gasteiger charge is -2.43. The number of hydrogen-bond donors (Lipinski definition) is 0. The Bertz CT molecular complexity index is 846. The van der Waals surface area contributed by atoms with E-state index < -0.39 is 7.26 Å². The highest BCUT2D eigenvalue weighted by Crippen LogP contribution is 2.61. The van der Waals surface area contributed by atoms with Crippen molar-refractivity contribution in [2.75, 3.05) is 25.4 Å². The van der Waals surface area contributed by atoms with Crippen LogP contribution >= 0.6 is 7.26 Å². The first-order valence-electron chi connectivity index (χ1n) is 11.1. The van der Waals surface area contributed by atoms with Crippen molar-refractivity contribution in [1.82, 2.24) is 9.80 Å². The summed E-state index contributed by atoms with van der Waals surface area (Å²) >= 11 is 0. The molecule has 0 amide bonds. The molecular weight excluding hydrogens is 383 g/mol. The molecule has 1 saturated heterocycles. The van der Waals surface area contributed by atoms with E-state index in [9.17, 15) is 0 Å². The van der Waals surface area contributed by atoms with Crippen LogP contribution in [0.2, 0.25) is 0 Å². The molecule has 1 aliphatic rings. The van der Waals surface area contributed by atoms with Crippen molar-refractivity contribution in [3.05, 3.63) is 102 Å². The molecule has 1 fully saturated rings. The van der Waals surface area contributed by atoms with Crippen LogP contribution in [0.1, 0.15) is 25.0 Å². The molecule has 1 heterocycles. The fraction of sp³-hybridized carbons (Fsp3) is 0.333. The molecule has 3 aromatic rings. The van der Waals surface area contributed by atoms with Gasteiger partial charge in [0.1, 0.15) is 12.6 Å². The van der Waals surface area contributed by atoms with E-state index in [2.05, 4.69) is 115 Å². The molecule has 0 bridgehead atoms. The Morgan fingerprint density at radius 3 is 1.53 bits per heavy atom. The summed E-state index contributed by atoms with van der Waals surface area (Å²) in [5.41, 5.74) is 2.82. The highest BCUT2D eigenvalue weighted by molar-refractivity contribution is 7.82. The minimum Gasteiger partial charge on any atom is -0.254 e. The van der Waals surface area contributed by atoms with E-state index in [4.69, 9.17) is 0 Å². The van der Waals surface area contributed by atoms with Gasteiger partial charge in [-0.3, -0.25) is 9.80 Å². The van der Waals surface area contributed by atoms with E-state index >= 15 is 0 Å². The number of rotatable bonds is 7. The summed E-state index contributed by atoms with van der Waals surface area (Å²) < 4.78 is 0. The Kier molecular flexibility index (Phi) is 7.00. The molecular formula is C27H34N2P+. The van der Waals surface area contributed by atoms with E-state index in [1.807, 2.05) is 0 Å². The molecule has 0 unspecified atom stereocenters. The van der Waals surface area contributed by atoms with Crippen LogP contribution in [-0.2, 0) is 13.1 Å². The van der Waals surface area contributed by atoms with Gasteiger partial charge in [-0.2, -0.15) is 0 Å². The zero-order valence-electron chi connectivity index (χ0n) is 18.3. The molecule has 0 radical (unpaired) electrons. The van der Waals surface area contributed by atoms with Gasteiger partial charge in [0.2, 0.25) is 0 Å². The van der Waals surface area contributed by atoms with Crippen LogP contribution in [0.15, 0.2) is 91.0 Å². The van der Waals surface area contributed by atoms with Gasteiger partial charge in [0.05, 0.1) is 25.4 Å². The summed E-state index contributed by atoms with van der Waals surface area (Å²) in [4.78, 5) is 5.40. The zero-order valence-corrected chi connectivity index (χ0v) is 19.2. The smallest absolute Gasteiger partial charge is 0.119 e. The molecule has 4 rings (SSSR count). The maximum absolute atomic E-state index is 2.70. The first-order chi connectivity index (χ1) is 14.6. The Hall–Kier alpha value is -1.99. The minimum atomic E-state index is -1.33. The predicted octanol–water partition coefficient (Wildman–Crippen LogP) is 5.88. The minimum absolute atomic E-state index is 0.703. The average Bonchev–Trinajstić information content (AvgIpc) is 2.75. The molecule has 30 heavy (non-hydrogen) atoms. The van der Waals surface area contributed by atoms with Gasteiger partial charge in [0, 0.05) is 13.1 Å². The van der Waals surface area contributed by atoms with Crippen LogP contribution in [0.25, 0.3) is 0 Å². The number of nitrogens with zero attached hydrogens (tertiary/aromatic N) is 2. The Morgan fingerprint density at radius 1 is 0.667 bits per heavy atom. The third kappa shape index (κ3) is 5.38. The van der Waals surface area contributed by atoms with Crippen LogP contribution in [0.4, 0.5) is 0 Å². The molecule has 0 aromatic heterocycles. The lowest BCUT2D eigenvalue weighted by molar-refractivity contribution is 0.139. The molecule has 1 aliphatic heterocycles. The molecule has 0 saturated carbocycles. The van der Waals surface area contributed by atoms with Gasteiger partial charge in [0.15, 0.2) is 0 Å². The normalized spacial score (nSPS) is 17.3. The summed E-state index contributed by atoms with van der Waals surface area (Å²) in [5, 5.41) is 1.59. The molecule has 3 aromatic carbocycles. The van der Waals surface area contributed by atoms with E-state index in [0.717, 1.165) is 19.8 Å². The molecule has 3 heteroatoms. The second-order valence-electron chi connectivity index (χ2n) is 9.11. The first-order valence-corrected chi connectivity index (χ1v) is 13.4. The largest absolute Gasteiger partial charge is 0.254 e. The van der Waals surface area contributed by atoms with Crippen molar-refractivity contribution < 1.29 is 0 Å². The highest BCUT2D eigenvalue weighted by atomic mass is 31.2. The maximum atomic E-state index is 2.70. The fourth-order valence-electron chi connectivity index (χ4n) is 4.89. The van der Waals surface area contributed by atoms with Gasteiger partial charge in [-0.25, -0.2) is 0 Å². The van der Waals surface area contributed by atoms with Crippen molar-refractivity contribution >= 4 is 12.6 Å². The predicted molar refractivity (Wildman–Crippen MR) is 131 cm³/mol. The number of hydrogen-bond acceptors (Lipinski definition) is 2. The zero-order chi connectivity index (χ0) is 20.8. The quantitative estimate of drug-likeness (QED) is 0.443. The average molecular weight is 418 g/mol. The van der Waals surface area contributed by atoms with E-state index in [1.165, 1.54) is 29.9 Å². The molecule has 156 valence electrons. The van der Waals surface area contributed by atoms with Crippen molar-refractivity contribution in [2.24, 2.45) is 5.92 Å². The van der Waals surface area contributed by atoms with Crippen LogP contribution in [-0.4, -0.2) is 35.2 Å². The third-order valence-electron chi connectivity index (χ3n) is 5.86. The van der Waals surface area contributed by atoms with Crippen LogP contribution in [0, 0.1) is 5.92 Å². The van der Waals surface area contributed by atoms with Gasteiger partial charge >= 0.3 is 0 Å². The van der Waals surface area contributed by atoms with E-state index in [0.29, 0.717) is 5.92 Å². The molecule has 0 aliphatic carbocycles. The van der Waals surface area contributed by atoms with E-state index in [1.54, 1.807) is 5.30 Å². The summed E-state index contributed by atoms with van der Waals surface area (Å²) in [7, 11) is -1.33. The van der Waals surface area contributed by atoms with Crippen LogP contribution < -0.4 is 5.30 Å². The van der Waals surface area contributed by atoms with Gasteiger partial charge in [-0.15, -0.1) is 0 Å². The van der Waals surface area contributed by atoms with Crippen LogP contribution in [0.5, 0.6) is 0 Å². The summed E-state index contributed by atoms with van der Waals surface area (Å²) in [6.07, 6.45) is 3.75. The number of benzene rings is 3. The Labute approximate surface area is 182 Å². The second kappa shape index (κ2) is 9.88.